The van der Waals surface area contributed by atoms with E-state index in [-0.39, 0.29) is 23.3 Å². The lowest BCUT2D eigenvalue weighted by Crippen LogP contribution is -2.16. The minimum Gasteiger partial charge on any atom is -0.496 e. The second-order valence-corrected chi connectivity index (χ2v) is 6.25. The van der Waals surface area contributed by atoms with E-state index in [1.165, 1.54) is 6.20 Å². The molecule has 0 bridgehead atoms. The van der Waals surface area contributed by atoms with E-state index in [9.17, 15) is 4.79 Å². The molecule has 4 N–H and O–H groups in total. The van der Waals surface area contributed by atoms with Crippen LogP contribution in [0.4, 0.5) is 5.95 Å². The number of anilines is 1. The predicted molar refractivity (Wildman–Crippen MR) is 94.8 cm³/mol. The van der Waals surface area contributed by atoms with Crippen molar-refractivity contribution in [2.24, 2.45) is 5.73 Å². The van der Waals surface area contributed by atoms with Gasteiger partial charge in [-0.15, -0.1) is 0 Å². The van der Waals surface area contributed by atoms with Crippen molar-refractivity contribution in [1.82, 2.24) is 9.97 Å². The molecule has 0 aliphatic heterocycles. The second kappa shape index (κ2) is 6.99. The van der Waals surface area contributed by atoms with Crippen LogP contribution in [-0.2, 0) is 0 Å². The molecular weight excluding hydrogens is 411 g/mol. The molecule has 23 heavy (non-hydrogen) atoms. The molecule has 0 unspecified atom stereocenters. The van der Waals surface area contributed by atoms with Gasteiger partial charge in [0.1, 0.15) is 11.5 Å². The molecular formula is C15H17IN4O3. The third kappa shape index (κ3) is 3.81. The Balaban J connectivity index is 2.52. The molecule has 1 amide bonds. The van der Waals surface area contributed by atoms with Crippen LogP contribution >= 0.6 is 22.6 Å². The van der Waals surface area contributed by atoms with Crippen LogP contribution in [0.15, 0.2) is 18.3 Å². The summed E-state index contributed by atoms with van der Waals surface area (Å²) in [6, 6.07) is 3.74. The number of carbonyl (C=O) groups excluding carboxylic acids is 1. The highest BCUT2D eigenvalue weighted by Gasteiger charge is 2.18. The van der Waals surface area contributed by atoms with Crippen LogP contribution in [0.2, 0.25) is 0 Å². The minimum absolute atomic E-state index is 0.0421. The lowest BCUT2D eigenvalue weighted by atomic mass is 10.0. The summed E-state index contributed by atoms with van der Waals surface area (Å²) in [5, 5.41) is 0. The number of halogens is 1. The molecule has 0 saturated heterocycles. The van der Waals surface area contributed by atoms with Crippen LogP contribution in [0.5, 0.6) is 17.2 Å². The SMILES string of the molecule is COc1cc(C(C)C)c(Oc2cnc(N)nc2C(N)=O)cc1I. The van der Waals surface area contributed by atoms with E-state index in [0.29, 0.717) is 5.75 Å². The zero-order valence-electron chi connectivity index (χ0n) is 13.0. The number of methoxy groups -OCH3 is 1. The van der Waals surface area contributed by atoms with Gasteiger partial charge in [0.15, 0.2) is 11.4 Å². The normalized spacial score (nSPS) is 10.7. The van der Waals surface area contributed by atoms with Gasteiger partial charge >= 0.3 is 0 Å². The predicted octanol–water partition coefficient (Wildman–Crippen LogP) is 2.69. The second-order valence-electron chi connectivity index (χ2n) is 5.09. The summed E-state index contributed by atoms with van der Waals surface area (Å²) < 4.78 is 12.1. The van der Waals surface area contributed by atoms with E-state index in [4.69, 9.17) is 20.9 Å². The highest BCUT2D eigenvalue weighted by Crippen LogP contribution is 2.37. The monoisotopic (exact) mass is 428 g/mol. The van der Waals surface area contributed by atoms with Gasteiger partial charge in [-0.1, -0.05) is 13.8 Å². The van der Waals surface area contributed by atoms with Crippen LogP contribution in [-0.4, -0.2) is 23.0 Å². The van der Waals surface area contributed by atoms with Crippen LogP contribution in [0.3, 0.4) is 0 Å². The minimum atomic E-state index is -0.733. The third-order valence-electron chi connectivity index (χ3n) is 3.13. The summed E-state index contributed by atoms with van der Waals surface area (Å²) in [7, 11) is 1.61. The van der Waals surface area contributed by atoms with Crippen molar-refractivity contribution in [2.45, 2.75) is 19.8 Å². The lowest BCUT2D eigenvalue weighted by molar-refractivity contribution is 0.0993. The highest BCUT2D eigenvalue weighted by atomic mass is 127. The van der Waals surface area contributed by atoms with Crippen LogP contribution in [0.25, 0.3) is 0 Å². The fourth-order valence-electron chi connectivity index (χ4n) is 2.00. The first-order chi connectivity index (χ1) is 10.8. The maximum absolute atomic E-state index is 11.5. The number of rotatable bonds is 5. The van der Waals surface area contributed by atoms with Crippen molar-refractivity contribution in [1.29, 1.82) is 0 Å². The standard InChI is InChI=1S/C15H17IN4O3/c1-7(2)8-4-11(22-3)9(16)5-10(8)23-12-6-19-15(18)20-13(12)14(17)21/h4-7H,1-3H3,(H2,17,21)(H2,18,19,20). The van der Waals surface area contributed by atoms with Gasteiger partial charge in [-0.25, -0.2) is 9.97 Å². The fraction of sp³-hybridized carbons (Fsp3) is 0.267. The van der Waals surface area contributed by atoms with Gasteiger partial charge in [0, 0.05) is 5.56 Å². The number of hydrogen-bond acceptors (Lipinski definition) is 6. The molecule has 1 aromatic carbocycles. The van der Waals surface area contributed by atoms with Gasteiger partial charge < -0.3 is 20.9 Å². The number of amides is 1. The average Bonchev–Trinajstić information content (AvgIpc) is 2.48. The van der Waals surface area contributed by atoms with E-state index in [1.54, 1.807) is 7.11 Å². The molecule has 7 nitrogen and oxygen atoms in total. The number of nitrogen functional groups attached to an aromatic ring is 1. The lowest BCUT2D eigenvalue weighted by Gasteiger charge is -2.17. The van der Waals surface area contributed by atoms with Gasteiger partial charge in [-0.05, 0) is 40.6 Å². The number of primary amides is 1. The Hall–Kier alpha value is -2.10. The molecule has 0 radical (unpaired) electrons. The van der Waals surface area contributed by atoms with Crippen molar-refractivity contribution in [3.63, 3.8) is 0 Å². The van der Waals surface area contributed by atoms with E-state index < -0.39 is 5.91 Å². The zero-order valence-corrected chi connectivity index (χ0v) is 15.1. The Morgan fingerprint density at radius 1 is 1.26 bits per heavy atom. The largest absolute Gasteiger partial charge is 0.496 e. The summed E-state index contributed by atoms with van der Waals surface area (Å²) in [5.41, 5.74) is 11.7. The maximum atomic E-state index is 11.5. The molecule has 0 spiro atoms. The molecule has 0 atom stereocenters. The Morgan fingerprint density at radius 3 is 2.52 bits per heavy atom. The third-order valence-corrected chi connectivity index (χ3v) is 3.98. The number of nitrogens with two attached hydrogens (primary N) is 2. The van der Waals surface area contributed by atoms with Crippen LogP contribution in [0.1, 0.15) is 35.8 Å². The van der Waals surface area contributed by atoms with Crippen molar-refractivity contribution >= 4 is 34.4 Å². The quantitative estimate of drug-likeness (QED) is 0.709. The molecule has 8 heteroatoms. The number of nitrogens with zero attached hydrogens (tertiary/aromatic N) is 2. The average molecular weight is 428 g/mol. The van der Waals surface area contributed by atoms with Crippen LogP contribution < -0.4 is 20.9 Å². The van der Waals surface area contributed by atoms with Crippen molar-refractivity contribution < 1.29 is 14.3 Å². The summed E-state index contributed by atoms with van der Waals surface area (Å²) in [6.45, 7) is 4.06. The molecule has 1 aromatic heterocycles. The number of benzene rings is 1. The first-order valence-electron chi connectivity index (χ1n) is 6.81. The molecule has 2 rings (SSSR count). The number of aromatic nitrogens is 2. The summed E-state index contributed by atoms with van der Waals surface area (Å²) >= 11 is 2.15. The Morgan fingerprint density at radius 2 is 1.96 bits per heavy atom. The highest BCUT2D eigenvalue weighted by molar-refractivity contribution is 14.1. The van der Waals surface area contributed by atoms with Gasteiger partial charge in [0.25, 0.3) is 5.91 Å². The van der Waals surface area contributed by atoms with Crippen molar-refractivity contribution in [2.75, 3.05) is 12.8 Å². The summed E-state index contributed by atoms with van der Waals surface area (Å²) in [4.78, 5) is 19.2. The molecule has 2 aromatic rings. The summed E-state index contributed by atoms with van der Waals surface area (Å²) in [5.74, 6) is 0.909. The maximum Gasteiger partial charge on any atom is 0.271 e. The van der Waals surface area contributed by atoms with E-state index in [2.05, 4.69) is 32.6 Å². The van der Waals surface area contributed by atoms with E-state index >= 15 is 0 Å². The first kappa shape index (κ1) is 17.3. The topological polar surface area (TPSA) is 113 Å². The van der Waals surface area contributed by atoms with Crippen molar-refractivity contribution in [3.8, 4) is 17.2 Å². The number of ether oxygens (including phenoxy) is 2. The molecule has 0 aliphatic rings. The molecule has 1 heterocycles. The first-order valence-corrected chi connectivity index (χ1v) is 7.89. The molecule has 0 fully saturated rings. The van der Waals surface area contributed by atoms with Gasteiger partial charge in [-0.2, -0.15) is 0 Å². The Kier molecular flexibility index (Phi) is 5.24. The molecule has 0 saturated carbocycles. The van der Waals surface area contributed by atoms with E-state index in [0.717, 1.165) is 14.9 Å². The van der Waals surface area contributed by atoms with Crippen molar-refractivity contribution in [3.05, 3.63) is 33.2 Å². The van der Waals surface area contributed by atoms with Gasteiger partial charge in [0.05, 0.1) is 16.9 Å². The number of carbonyl (C=O) groups is 1. The zero-order chi connectivity index (χ0) is 17.1. The van der Waals surface area contributed by atoms with Crippen LogP contribution in [0, 0.1) is 3.57 Å². The molecule has 122 valence electrons. The molecule has 0 aliphatic carbocycles. The summed E-state index contributed by atoms with van der Waals surface area (Å²) in [6.07, 6.45) is 1.34. The Bertz CT molecular complexity index is 750. The van der Waals surface area contributed by atoms with Gasteiger partial charge in [-0.3, -0.25) is 4.79 Å². The number of hydrogen-bond donors (Lipinski definition) is 2. The van der Waals surface area contributed by atoms with E-state index in [1.807, 2.05) is 26.0 Å². The fourth-order valence-corrected chi connectivity index (χ4v) is 2.66. The Labute approximate surface area is 147 Å². The van der Waals surface area contributed by atoms with Gasteiger partial charge in [0.2, 0.25) is 5.95 Å². The smallest absolute Gasteiger partial charge is 0.271 e.